The van der Waals surface area contributed by atoms with E-state index < -0.39 is 10.1 Å². The predicted molar refractivity (Wildman–Crippen MR) is 83.0 cm³/mol. The van der Waals surface area contributed by atoms with E-state index in [1.807, 2.05) is 0 Å². The van der Waals surface area contributed by atoms with Crippen molar-refractivity contribution >= 4 is 27.8 Å². The van der Waals surface area contributed by atoms with Gasteiger partial charge in [0.1, 0.15) is 0 Å². The fraction of sp³-hybridized carbons (Fsp3) is 0.0667. The van der Waals surface area contributed by atoms with Crippen molar-refractivity contribution in [2.45, 2.75) is 0 Å². The molecule has 0 spiro atoms. The van der Waals surface area contributed by atoms with E-state index in [1.54, 1.807) is 42.5 Å². The third-order valence-electron chi connectivity index (χ3n) is 2.57. The van der Waals surface area contributed by atoms with Gasteiger partial charge >= 0.3 is 10.1 Å². The first kappa shape index (κ1) is 15.4. The lowest BCUT2D eigenvalue weighted by atomic mass is 10.2. The van der Waals surface area contributed by atoms with Crippen LogP contribution in [0, 0.1) is 0 Å². The molecule has 0 saturated carbocycles. The molecule has 0 bridgehead atoms. The smallest absolute Gasteiger partial charge is 0.332 e. The average molecular weight is 325 g/mol. The molecule has 0 fully saturated rings. The first-order chi connectivity index (χ1) is 10.00. The molecule has 0 saturated heterocycles. The van der Waals surface area contributed by atoms with Crippen LogP contribution in [0.4, 0.5) is 0 Å². The summed E-state index contributed by atoms with van der Waals surface area (Å²) in [6.45, 7) is 0. The van der Waals surface area contributed by atoms with Crippen molar-refractivity contribution in [2.24, 2.45) is 0 Å². The highest BCUT2D eigenvalue weighted by atomic mass is 35.5. The van der Waals surface area contributed by atoms with Crippen LogP contribution in [0.15, 0.2) is 53.9 Å². The molecule has 2 aromatic rings. The summed E-state index contributed by atoms with van der Waals surface area (Å²) in [5.41, 5.74) is 0.701. The Morgan fingerprint density at radius 2 is 1.62 bits per heavy atom. The number of hydrogen-bond donors (Lipinski definition) is 0. The summed E-state index contributed by atoms with van der Waals surface area (Å²) >= 11 is 5.76. The van der Waals surface area contributed by atoms with Crippen molar-refractivity contribution < 1.29 is 17.3 Å². The van der Waals surface area contributed by atoms with Crippen molar-refractivity contribution in [1.82, 2.24) is 0 Å². The molecule has 6 heteroatoms. The zero-order chi connectivity index (χ0) is 15.3. The molecule has 4 nitrogen and oxygen atoms in total. The Hall–Kier alpha value is -1.98. The molecule has 0 N–H and O–H groups in total. The zero-order valence-corrected chi connectivity index (χ0v) is 12.8. The second-order valence-electron chi connectivity index (χ2n) is 4.08. The van der Waals surface area contributed by atoms with Crippen LogP contribution in [0.2, 0.25) is 5.02 Å². The Morgan fingerprint density at radius 1 is 1.00 bits per heavy atom. The molecule has 21 heavy (non-hydrogen) atoms. The van der Waals surface area contributed by atoms with Crippen LogP contribution in [0.5, 0.6) is 11.5 Å². The van der Waals surface area contributed by atoms with E-state index in [2.05, 4.69) is 0 Å². The van der Waals surface area contributed by atoms with Crippen molar-refractivity contribution in [1.29, 1.82) is 0 Å². The Kier molecular flexibility index (Phi) is 4.88. The van der Waals surface area contributed by atoms with Crippen molar-refractivity contribution in [3.05, 3.63) is 64.5 Å². The maximum atomic E-state index is 11.9. The lowest BCUT2D eigenvalue weighted by molar-refractivity contribution is 0.392. The number of ether oxygens (including phenoxy) is 1. The van der Waals surface area contributed by atoms with E-state index in [1.165, 1.54) is 19.3 Å². The van der Waals surface area contributed by atoms with E-state index in [0.717, 1.165) is 5.41 Å². The summed E-state index contributed by atoms with van der Waals surface area (Å²) in [6.07, 6.45) is 1.43. The first-order valence-corrected chi connectivity index (χ1v) is 7.86. The molecule has 0 aliphatic heterocycles. The molecule has 0 heterocycles. The maximum absolute atomic E-state index is 11.9. The van der Waals surface area contributed by atoms with Crippen molar-refractivity contribution in [2.75, 3.05) is 7.11 Å². The summed E-state index contributed by atoms with van der Waals surface area (Å²) in [4.78, 5) is 0. The summed E-state index contributed by atoms with van der Waals surface area (Å²) in [5, 5.41) is 1.57. The molecule has 0 unspecified atom stereocenters. The topological polar surface area (TPSA) is 52.6 Å². The molecule has 2 rings (SSSR count). The molecule has 0 atom stereocenters. The number of benzene rings is 2. The monoisotopic (exact) mass is 324 g/mol. The van der Waals surface area contributed by atoms with Crippen LogP contribution < -0.4 is 8.92 Å². The summed E-state index contributed by atoms with van der Waals surface area (Å²) in [5.74, 6) is 0.488. The van der Waals surface area contributed by atoms with E-state index in [-0.39, 0.29) is 5.75 Å². The SMILES string of the molecule is COc1ccccc1OS(=O)(=O)/C=C/c1ccc(Cl)cc1. The van der Waals surface area contributed by atoms with E-state index in [4.69, 9.17) is 20.5 Å². The standard InChI is InChI=1S/C15H13ClO4S/c1-19-14-4-2-3-5-15(14)20-21(17,18)11-10-12-6-8-13(16)9-7-12/h2-11H,1H3/b11-10+. The van der Waals surface area contributed by atoms with Gasteiger partial charge in [0.25, 0.3) is 0 Å². The van der Waals surface area contributed by atoms with Gasteiger partial charge < -0.3 is 8.92 Å². The van der Waals surface area contributed by atoms with Crippen molar-refractivity contribution in [3.63, 3.8) is 0 Å². The molecule has 0 amide bonds. The van der Waals surface area contributed by atoms with Gasteiger partial charge in [0.2, 0.25) is 0 Å². The van der Waals surface area contributed by atoms with Crippen LogP contribution >= 0.6 is 11.6 Å². The quantitative estimate of drug-likeness (QED) is 0.786. The first-order valence-electron chi connectivity index (χ1n) is 6.01. The maximum Gasteiger partial charge on any atom is 0.332 e. The van der Waals surface area contributed by atoms with Gasteiger partial charge in [0.05, 0.1) is 12.5 Å². The molecule has 110 valence electrons. The number of methoxy groups -OCH3 is 1. The van der Waals surface area contributed by atoms with Gasteiger partial charge in [-0.05, 0) is 35.9 Å². The Balaban J connectivity index is 2.17. The van der Waals surface area contributed by atoms with Gasteiger partial charge in [-0.25, -0.2) is 0 Å². The zero-order valence-electron chi connectivity index (χ0n) is 11.2. The van der Waals surface area contributed by atoms with Gasteiger partial charge in [-0.1, -0.05) is 35.9 Å². The van der Waals surface area contributed by atoms with Gasteiger partial charge in [0, 0.05) is 5.02 Å². The summed E-state index contributed by atoms with van der Waals surface area (Å²) in [7, 11) is -2.43. The molecule has 0 radical (unpaired) electrons. The van der Waals surface area contributed by atoms with E-state index in [0.29, 0.717) is 16.3 Å². The molecule has 0 aliphatic carbocycles. The minimum Gasteiger partial charge on any atom is -0.493 e. The predicted octanol–water partition coefficient (Wildman–Crippen LogP) is 3.73. The normalized spacial score (nSPS) is 11.5. The largest absolute Gasteiger partial charge is 0.493 e. The van der Waals surface area contributed by atoms with Crippen LogP contribution in [0.1, 0.15) is 5.56 Å². The minimum atomic E-state index is -3.87. The van der Waals surface area contributed by atoms with E-state index in [9.17, 15) is 8.42 Å². The second kappa shape index (κ2) is 6.65. The average Bonchev–Trinajstić information content (AvgIpc) is 2.47. The fourth-order valence-electron chi connectivity index (χ4n) is 1.58. The van der Waals surface area contributed by atoms with Crippen LogP contribution in [-0.2, 0) is 10.1 Å². The Morgan fingerprint density at radius 3 is 2.24 bits per heavy atom. The summed E-state index contributed by atoms with van der Waals surface area (Å²) < 4.78 is 33.9. The van der Waals surface area contributed by atoms with Gasteiger partial charge in [-0.15, -0.1) is 0 Å². The second-order valence-corrected chi connectivity index (χ2v) is 5.94. The highest BCUT2D eigenvalue weighted by Crippen LogP contribution is 2.27. The molecular weight excluding hydrogens is 312 g/mol. The van der Waals surface area contributed by atoms with Crippen molar-refractivity contribution in [3.8, 4) is 11.5 Å². The van der Waals surface area contributed by atoms with Crippen LogP contribution in [0.3, 0.4) is 0 Å². The molecule has 0 aliphatic rings. The molecule has 0 aromatic heterocycles. The summed E-state index contributed by atoms with van der Waals surface area (Å²) in [6, 6.07) is 13.3. The minimum absolute atomic E-state index is 0.140. The number of hydrogen-bond acceptors (Lipinski definition) is 4. The van der Waals surface area contributed by atoms with E-state index >= 15 is 0 Å². The fourth-order valence-corrected chi connectivity index (χ4v) is 2.47. The molecule has 2 aromatic carbocycles. The Bertz CT molecular complexity index is 737. The number of rotatable bonds is 5. The third-order valence-corrected chi connectivity index (χ3v) is 3.71. The number of halogens is 1. The van der Waals surface area contributed by atoms with Gasteiger partial charge in [-0.3, -0.25) is 0 Å². The van der Waals surface area contributed by atoms with Gasteiger partial charge in [-0.2, -0.15) is 8.42 Å². The third kappa shape index (κ3) is 4.51. The highest BCUT2D eigenvalue weighted by Gasteiger charge is 2.12. The van der Waals surface area contributed by atoms with Crippen LogP contribution in [-0.4, -0.2) is 15.5 Å². The lowest BCUT2D eigenvalue weighted by Gasteiger charge is -2.07. The van der Waals surface area contributed by atoms with Gasteiger partial charge in [0.15, 0.2) is 11.5 Å². The molecular formula is C15H13ClO4S. The Labute approximate surface area is 128 Å². The lowest BCUT2D eigenvalue weighted by Crippen LogP contribution is -2.06. The van der Waals surface area contributed by atoms with Crippen LogP contribution in [0.25, 0.3) is 6.08 Å². The number of para-hydroxylation sites is 2. The highest BCUT2D eigenvalue weighted by molar-refractivity contribution is 7.90.